The van der Waals surface area contributed by atoms with Gasteiger partial charge in [-0.3, -0.25) is 19.7 Å². The Balaban J connectivity index is 2.89. The first-order valence-electron chi connectivity index (χ1n) is 5.88. The highest BCUT2D eigenvalue weighted by Gasteiger charge is 2.24. The summed E-state index contributed by atoms with van der Waals surface area (Å²) in [6, 6.07) is 2.64. The monoisotopic (exact) mass is 282 g/mol. The maximum Gasteiger partial charge on any atom is 0.285 e. The van der Waals surface area contributed by atoms with Crippen LogP contribution >= 0.6 is 0 Å². The van der Waals surface area contributed by atoms with Crippen LogP contribution in [0.2, 0.25) is 0 Å². The molecular formula is C13H15FN2O4. The van der Waals surface area contributed by atoms with Crippen LogP contribution in [0, 0.1) is 21.3 Å². The van der Waals surface area contributed by atoms with E-state index in [1.807, 2.05) is 0 Å². The minimum absolute atomic E-state index is 0.212. The SMILES string of the molecule is CC(C)(C)C(=O)CNC(=O)c1ccc(F)cc1[N+](=O)[O-]. The van der Waals surface area contributed by atoms with Crippen molar-refractivity contribution in [3.05, 3.63) is 39.7 Å². The van der Waals surface area contributed by atoms with Gasteiger partial charge in [0, 0.05) is 5.41 Å². The first-order chi connectivity index (χ1) is 9.12. The van der Waals surface area contributed by atoms with E-state index >= 15 is 0 Å². The largest absolute Gasteiger partial charge is 0.345 e. The van der Waals surface area contributed by atoms with Gasteiger partial charge in [0.25, 0.3) is 11.6 Å². The Hall–Kier alpha value is -2.31. The van der Waals surface area contributed by atoms with E-state index < -0.39 is 27.8 Å². The van der Waals surface area contributed by atoms with E-state index in [0.29, 0.717) is 6.07 Å². The molecule has 0 saturated heterocycles. The molecule has 0 radical (unpaired) electrons. The number of rotatable bonds is 4. The van der Waals surface area contributed by atoms with Crippen LogP contribution in [0.1, 0.15) is 31.1 Å². The van der Waals surface area contributed by atoms with Crippen LogP contribution in [0.15, 0.2) is 18.2 Å². The molecule has 1 amide bonds. The molecule has 0 unspecified atom stereocenters. The predicted octanol–water partition coefficient (Wildman–Crippen LogP) is 2.08. The molecule has 0 heterocycles. The molecule has 0 atom stereocenters. The first-order valence-corrected chi connectivity index (χ1v) is 5.88. The van der Waals surface area contributed by atoms with E-state index in [2.05, 4.69) is 5.32 Å². The van der Waals surface area contributed by atoms with Crippen LogP contribution in [0.25, 0.3) is 0 Å². The maximum absolute atomic E-state index is 13.0. The highest BCUT2D eigenvalue weighted by molar-refractivity contribution is 6.00. The molecule has 6 nitrogen and oxygen atoms in total. The van der Waals surface area contributed by atoms with E-state index in [1.54, 1.807) is 20.8 Å². The number of benzene rings is 1. The molecule has 0 aromatic heterocycles. The maximum atomic E-state index is 13.0. The third-order valence-electron chi connectivity index (χ3n) is 2.65. The summed E-state index contributed by atoms with van der Waals surface area (Å²) in [5, 5.41) is 13.1. The molecule has 0 saturated carbocycles. The lowest BCUT2D eigenvalue weighted by molar-refractivity contribution is -0.385. The van der Waals surface area contributed by atoms with Crippen LogP contribution in [0.5, 0.6) is 0 Å². The lowest BCUT2D eigenvalue weighted by Gasteiger charge is -2.16. The van der Waals surface area contributed by atoms with E-state index in [-0.39, 0.29) is 17.9 Å². The van der Waals surface area contributed by atoms with Gasteiger partial charge in [0.2, 0.25) is 0 Å². The summed E-state index contributed by atoms with van der Waals surface area (Å²) in [6.07, 6.45) is 0. The smallest absolute Gasteiger partial charge is 0.285 e. The number of carbonyl (C=O) groups is 2. The van der Waals surface area contributed by atoms with E-state index in [0.717, 1.165) is 12.1 Å². The molecule has 7 heteroatoms. The summed E-state index contributed by atoms with van der Waals surface area (Å²) in [7, 11) is 0. The molecule has 0 spiro atoms. The average Bonchev–Trinajstić information content (AvgIpc) is 2.34. The minimum Gasteiger partial charge on any atom is -0.345 e. The van der Waals surface area contributed by atoms with Crippen LogP contribution in [0.4, 0.5) is 10.1 Å². The fraction of sp³-hybridized carbons (Fsp3) is 0.385. The molecule has 1 aromatic carbocycles. The van der Waals surface area contributed by atoms with Crippen molar-refractivity contribution in [3.63, 3.8) is 0 Å². The van der Waals surface area contributed by atoms with Crippen LogP contribution in [-0.2, 0) is 4.79 Å². The first kappa shape index (κ1) is 15.7. The number of Topliss-reactive ketones (excluding diaryl/α,β-unsaturated/α-hetero) is 1. The summed E-state index contributed by atoms with van der Waals surface area (Å²) in [5.74, 6) is -1.80. The number of hydrogen-bond donors (Lipinski definition) is 1. The quantitative estimate of drug-likeness (QED) is 0.676. The second-order valence-electron chi connectivity index (χ2n) is 5.27. The number of nitro benzene ring substituents is 1. The van der Waals surface area contributed by atoms with Gasteiger partial charge in [0.1, 0.15) is 11.4 Å². The molecule has 0 aliphatic carbocycles. The number of halogens is 1. The van der Waals surface area contributed by atoms with E-state index in [9.17, 15) is 24.1 Å². The molecule has 1 N–H and O–H groups in total. The van der Waals surface area contributed by atoms with Gasteiger partial charge < -0.3 is 5.32 Å². The van der Waals surface area contributed by atoms with Gasteiger partial charge in [0.05, 0.1) is 17.5 Å². The minimum atomic E-state index is -0.844. The van der Waals surface area contributed by atoms with Crippen LogP contribution in [0.3, 0.4) is 0 Å². The van der Waals surface area contributed by atoms with Gasteiger partial charge in [-0.2, -0.15) is 0 Å². The van der Waals surface area contributed by atoms with Crippen molar-refractivity contribution in [3.8, 4) is 0 Å². The third kappa shape index (κ3) is 3.84. The summed E-state index contributed by atoms with van der Waals surface area (Å²) in [6.45, 7) is 4.85. The van der Waals surface area contributed by atoms with Gasteiger partial charge in [-0.25, -0.2) is 4.39 Å². The van der Waals surface area contributed by atoms with Crippen molar-refractivity contribution in [2.45, 2.75) is 20.8 Å². The number of amides is 1. The average molecular weight is 282 g/mol. The van der Waals surface area contributed by atoms with Gasteiger partial charge in [-0.1, -0.05) is 20.8 Å². The molecule has 0 fully saturated rings. The molecule has 0 aliphatic heterocycles. The molecule has 1 rings (SSSR count). The Labute approximate surface area is 115 Å². The number of ketones is 1. The molecule has 0 bridgehead atoms. The lowest BCUT2D eigenvalue weighted by Crippen LogP contribution is -2.35. The lowest BCUT2D eigenvalue weighted by atomic mass is 9.91. The summed E-state index contributed by atoms with van der Waals surface area (Å²) in [4.78, 5) is 33.4. The van der Waals surface area contributed by atoms with Gasteiger partial charge >= 0.3 is 0 Å². The number of nitrogens with zero attached hydrogens (tertiary/aromatic N) is 1. The molecule has 20 heavy (non-hydrogen) atoms. The fourth-order valence-electron chi connectivity index (χ4n) is 1.37. The normalized spacial score (nSPS) is 11.0. The zero-order valence-corrected chi connectivity index (χ0v) is 11.4. The van der Waals surface area contributed by atoms with E-state index in [1.165, 1.54) is 0 Å². The predicted molar refractivity (Wildman–Crippen MR) is 69.8 cm³/mol. The van der Waals surface area contributed by atoms with Crippen LogP contribution in [-0.4, -0.2) is 23.2 Å². The second-order valence-corrected chi connectivity index (χ2v) is 5.27. The Morgan fingerprint density at radius 2 is 1.95 bits per heavy atom. The standard InChI is InChI=1S/C13H15FN2O4/c1-13(2,3)11(17)7-15-12(18)9-5-4-8(14)6-10(9)16(19)20/h4-6H,7H2,1-3H3,(H,15,18). The number of carbonyl (C=O) groups excluding carboxylic acids is 2. The highest BCUT2D eigenvalue weighted by Crippen LogP contribution is 2.20. The Morgan fingerprint density at radius 1 is 1.35 bits per heavy atom. The van der Waals surface area contributed by atoms with Crippen molar-refractivity contribution in [1.29, 1.82) is 0 Å². The number of hydrogen-bond acceptors (Lipinski definition) is 4. The van der Waals surface area contributed by atoms with Gasteiger partial charge in [0.15, 0.2) is 5.78 Å². The Morgan fingerprint density at radius 3 is 2.45 bits per heavy atom. The zero-order chi connectivity index (χ0) is 15.5. The number of nitrogens with one attached hydrogen (secondary N) is 1. The molecule has 1 aromatic rings. The van der Waals surface area contributed by atoms with Gasteiger partial charge in [-0.15, -0.1) is 0 Å². The van der Waals surface area contributed by atoms with Crippen molar-refractivity contribution in [2.24, 2.45) is 5.41 Å². The van der Waals surface area contributed by atoms with E-state index in [4.69, 9.17) is 0 Å². The summed E-state index contributed by atoms with van der Waals surface area (Å²) < 4.78 is 13.0. The zero-order valence-electron chi connectivity index (χ0n) is 11.4. The van der Waals surface area contributed by atoms with Gasteiger partial charge in [-0.05, 0) is 12.1 Å². The fourth-order valence-corrected chi connectivity index (χ4v) is 1.37. The Kier molecular flexibility index (Phi) is 4.54. The topological polar surface area (TPSA) is 89.3 Å². The Bertz CT molecular complexity index is 564. The van der Waals surface area contributed by atoms with Crippen molar-refractivity contribution in [1.82, 2.24) is 5.32 Å². The van der Waals surface area contributed by atoms with Crippen molar-refractivity contribution < 1.29 is 18.9 Å². The van der Waals surface area contributed by atoms with Crippen molar-refractivity contribution >= 4 is 17.4 Å². The van der Waals surface area contributed by atoms with Crippen molar-refractivity contribution in [2.75, 3.05) is 6.54 Å². The summed E-state index contributed by atoms with van der Waals surface area (Å²) >= 11 is 0. The highest BCUT2D eigenvalue weighted by atomic mass is 19.1. The van der Waals surface area contributed by atoms with Crippen LogP contribution < -0.4 is 5.32 Å². The summed E-state index contributed by atoms with van der Waals surface area (Å²) in [5.41, 5.74) is -1.54. The molecule has 0 aliphatic rings. The second kappa shape index (κ2) is 5.77. The molecular weight excluding hydrogens is 267 g/mol. The molecule has 108 valence electrons. The third-order valence-corrected chi connectivity index (χ3v) is 2.65. The number of nitro groups is 1.